The van der Waals surface area contributed by atoms with Crippen molar-refractivity contribution in [2.45, 2.75) is 18.9 Å². The lowest BCUT2D eigenvalue weighted by Gasteiger charge is -2.25. The van der Waals surface area contributed by atoms with Gasteiger partial charge in [-0.1, -0.05) is 12.1 Å². The number of aromatic nitrogens is 3. The van der Waals surface area contributed by atoms with E-state index in [0.717, 1.165) is 18.7 Å². The number of hydrogen-bond acceptors (Lipinski definition) is 5. The van der Waals surface area contributed by atoms with Crippen LogP contribution in [0.15, 0.2) is 30.6 Å². The van der Waals surface area contributed by atoms with Gasteiger partial charge in [-0.3, -0.25) is 9.89 Å². The summed E-state index contributed by atoms with van der Waals surface area (Å²) >= 11 is 0. The predicted molar refractivity (Wildman–Crippen MR) is 74.1 cm³/mol. The van der Waals surface area contributed by atoms with Crippen molar-refractivity contribution in [3.63, 3.8) is 0 Å². The molecule has 2 aromatic rings. The van der Waals surface area contributed by atoms with Gasteiger partial charge in [-0.05, 0) is 18.6 Å². The van der Waals surface area contributed by atoms with Gasteiger partial charge in [-0.25, -0.2) is 4.98 Å². The van der Waals surface area contributed by atoms with Crippen molar-refractivity contribution in [2.24, 2.45) is 0 Å². The van der Waals surface area contributed by atoms with Crippen LogP contribution in [0.5, 0.6) is 11.5 Å². The summed E-state index contributed by atoms with van der Waals surface area (Å²) < 4.78 is 11.1. The number of para-hydroxylation sites is 2. The van der Waals surface area contributed by atoms with Crippen molar-refractivity contribution >= 4 is 5.91 Å². The quantitative estimate of drug-likeness (QED) is 0.790. The van der Waals surface area contributed by atoms with E-state index in [9.17, 15) is 4.79 Å². The highest BCUT2D eigenvalue weighted by molar-refractivity contribution is 5.81. The maximum absolute atomic E-state index is 12.0. The van der Waals surface area contributed by atoms with Crippen LogP contribution in [0.25, 0.3) is 0 Å². The van der Waals surface area contributed by atoms with Gasteiger partial charge >= 0.3 is 0 Å². The Hall–Kier alpha value is -2.57. The van der Waals surface area contributed by atoms with E-state index in [1.54, 1.807) is 6.07 Å². The zero-order chi connectivity index (χ0) is 14.5. The molecule has 1 unspecified atom stereocenters. The number of rotatable bonds is 5. The summed E-state index contributed by atoms with van der Waals surface area (Å²) in [6.45, 7) is 0.784. The highest BCUT2D eigenvalue weighted by Crippen LogP contribution is 2.30. The van der Waals surface area contributed by atoms with E-state index >= 15 is 0 Å². The van der Waals surface area contributed by atoms with Crippen molar-refractivity contribution < 1.29 is 14.3 Å². The van der Waals surface area contributed by atoms with E-state index in [0.29, 0.717) is 18.0 Å². The minimum Gasteiger partial charge on any atom is -0.485 e. The largest absolute Gasteiger partial charge is 0.485 e. The monoisotopic (exact) mass is 288 g/mol. The number of nitrogens with one attached hydrogen (secondary N) is 2. The maximum atomic E-state index is 12.0. The number of carbonyl (C=O) groups is 1. The van der Waals surface area contributed by atoms with Crippen molar-refractivity contribution in [1.82, 2.24) is 20.5 Å². The molecule has 7 nitrogen and oxygen atoms in total. The fraction of sp³-hybridized carbons (Fsp3) is 0.357. The molecule has 1 aromatic carbocycles. The van der Waals surface area contributed by atoms with Gasteiger partial charge in [-0.2, -0.15) is 5.10 Å². The Bertz CT molecular complexity index is 600. The predicted octanol–water partition coefficient (Wildman–Crippen LogP) is 0.693. The fourth-order valence-electron chi connectivity index (χ4n) is 2.08. The molecule has 0 spiro atoms. The summed E-state index contributed by atoms with van der Waals surface area (Å²) in [5.74, 6) is 1.93. The molecule has 0 saturated carbocycles. The third kappa shape index (κ3) is 3.31. The summed E-state index contributed by atoms with van der Waals surface area (Å²) in [7, 11) is 0. The molecule has 1 aliphatic rings. The molecule has 1 aliphatic heterocycles. The van der Waals surface area contributed by atoms with E-state index < -0.39 is 6.10 Å². The van der Waals surface area contributed by atoms with E-state index in [1.807, 2.05) is 18.2 Å². The highest BCUT2D eigenvalue weighted by atomic mass is 16.6. The van der Waals surface area contributed by atoms with Crippen molar-refractivity contribution in [3.05, 3.63) is 36.4 Å². The molecule has 21 heavy (non-hydrogen) atoms. The Balaban J connectivity index is 1.44. The molecule has 1 atom stereocenters. The standard InChI is InChI=1S/C14H16N4O3/c19-14(15-7-3-6-13-16-9-17-18-13)12-8-20-10-4-1-2-5-11(10)21-12/h1-2,4-5,9,12H,3,6-8H2,(H,15,19)(H,16,17,18). The minimum absolute atomic E-state index is 0.165. The number of aromatic amines is 1. The smallest absolute Gasteiger partial charge is 0.264 e. The van der Waals surface area contributed by atoms with Crippen LogP contribution in [0.1, 0.15) is 12.2 Å². The lowest BCUT2D eigenvalue weighted by atomic mass is 10.2. The van der Waals surface area contributed by atoms with E-state index in [-0.39, 0.29) is 12.5 Å². The molecule has 0 aliphatic carbocycles. The van der Waals surface area contributed by atoms with Gasteiger partial charge in [0.15, 0.2) is 11.5 Å². The number of fused-ring (bicyclic) bond motifs is 1. The number of benzene rings is 1. The number of amides is 1. The first-order chi connectivity index (χ1) is 10.3. The number of H-pyrrole nitrogens is 1. The Labute approximate surface area is 121 Å². The Morgan fingerprint density at radius 2 is 2.24 bits per heavy atom. The van der Waals surface area contributed by atoms with Crippen LogP contribution in [0, 0.1) is 0 Å². The first kappa shape index (κ1) is 13.4. The second-order valence-electron chi connectivity index (χ2n) is 4.69. The highest BCUT2D eigenvalue weighted by Gasteiger charge is 2.26. The summed E-state index contributed by atoms with van der Waals surface area (Å²) in [5, 5.41) is 9.39. The van der Waals surface area contributed by atoms with Gasteiger partial charge in [0.05, 0.1) is 0 Å². The van der Waals surface area contributed by atoms with Gasteiger partial charge in [0.2, 0.25) is 6.10 Å². The molecule has 1 amide bonds. The summed E-state index contributed by atoms with van der Waals surface area (Å²) in [5.41, 5.74) is 0. The molecule has 2 heterocycles. The molecule has 0 fully saturated rings. The number of nitrogens with zero attached hydrogens (tertiary/aromatic N) is 2. The third-order valence-electron chi connectivity index (χ3n) is 3.16. The third-order valence-corrected chi connectivity index (χ3v) is 3.16. The van der Waals surface area contributed by atoms with Crippen LogP contribution >= 0.6 is 0 Å². The summed E-state index contributed by atoms with van der Waals surface area (Å²) in [6, 6.07) is 7.32. The second kappa shape index (κ2) is 6.25. The van der Waals surface area contributed by atoms with Gasteiger partial charge in [0.25, 0.3) is 5.91 Å². The average Bonchev–Trinajstić information content (AvgIpc) is 3.04. The molecule has 0 bridgehead atoms. The van der Waals surface area contributed by atoms with Crippen LogP contribution < -0.4 is 14.8 Å². The van der Waals surface area contributed by atoms with E-state index in [1.165, 1.54) is 6.33 Å². The van der Waals surface area contributed by atoms with Crippen LogP contribution in [-0.2, 0) is 11.2 Å². The Morgan fingerprint density at radius 1 is 1.38 bits per heavy atom. The summed E-state index contributed by atoms with van der Waals surface area (Å²) in [4.78, 5) is 16.0. The number of aryl methyl sites for hydroxylation is 1. The second-order valence-corrected chi connectivity index (χ2v) is 4.69. The molecular weight excluding hydrogens is 272 g/mol. The maximum Gasteiger partial charge on any atom is 0.264 e. The SMILES string of the molecule is O=C(NCCCc1ncn[nH]1)C1COc2ccccc2O1. The number of hydrogen-bond donors (Lipinski definition) is 2. The number of carbonyl (C=O) groups excluding carboxylic acids is 1. The zero-order valence-electron chi connectivity index (χ0n) is 11.4. The zero-order valence-corrected chi connectivity index (χ0v) is 11.4. The van der Waals surface area contributed by atoms with Crippen LogP contribution in [0.3, 0.4) is 0 Å². The first-order valence-electron chi connectivity index (χ1n) is 6.83. The molecule has 0 saturated heterocycles. The van der Waals surface area contributed by atoms with Crippen molar-refractivity contribution in [2.75, 3.05) is 13.2 Å². The van der Waals surface area contributed by atoms with Gasteiger partial charge in [0, 0.05) is 13.0 Å². The summed E-state index contributed by atoms with van der Waals surface area (Å²) in [6.07, 6.45) is 2.39. The molecule has 110 valence electrons. The van der Waals surface area contributed by atoms with Crippen LogP contribution in [-0.4, -0.2) is 40.3 Å². The lowest BCUT2D eigenvalue weighted by Crippen LogP contribution is -2.44. The van der Waals surface area contributed by atoms with E-state index in [2.05, 4.69) is 20.5 Å². The topological polar surface area (TPSA) is 89.1 Å². The average molecular weight is 288 g/mol. The molecule has 0 radical (unpaired) electrons. The molecular formula is C14H16N4O3. The normalized spacial score (nSPS) is 16.5. The molecule has 2 N–H and O–H groups in total. The lowest BCUT2D eigenvalue weighted by molar-refractivity contribution is -0.130. The van der Waals surface area contributed by atoms with E-state index in [4.69, 9.17) is 9.47 Å². The van der Waals surface area contributed by atoms with Crippen molar-refractivity contribution in [3.8, 4) is 11.5 Å². The first-order valence-corrected chi connectivity index (χ1v) is 6.83. The fourth-order valence-corrected chi connectivity index (χ4v) is 2.08. The Morgan fingerprint density at radius 3 is 3.05 bits per heavy atom. The van der Waals surface area contributed by atoms with Crippen LogP contribution in [0.2, 0.25) is 0 Å². The van der Waals surface area contributed by atoms with Gasteiger partial charge in [-0.15, -0.1) is 0 Å². The molecule has 1 aromatic heterocycles. The van der Waals surface area contributed by atoms with Gasteiger partial charge < -0.3 is 14.8 Å². The van der Waals surface area contributed by atoms with Gasteiger partial charge in [0.1, 0.15) is 18.8 Å². The van der Waals surface area contributed by atoms with Crippen LogP contribution in [0.4, 0.5) is 0 Å². The Kier molecular flexibility index (Phi) is 3.99. The van der Waals surface area contributed by atoms with Crippen molar-refractivity contribution in [1.29, 1.82) is 0 Å². The number of ether oxygens (including phenoxy) is 2. The molecule has 7 heteroatoms. The molecule has 3 rings (SSSR count). The minimum atomic E-state index is -0.606.